The summed E-state index contributed by atoms with van der Waals surface area (Å²) in [4.78, 5) is 0. The highest BCUT2D eigenvalue weighted by molar-refractivity contribution is 7.84. The van der Waals surface area contributed by atoms with Gasteiger partial charge < -0.3 is 0 Å². The summed E-state index contributed by atoms with van der Waals surface area (Å²) in [5.41, 5.74) is 3.30. The zero-order valence-electron chi connectivity index (χ0n) is 11.4. The number of hydrogen-bond acceptors (Lipinski definition) is 3. The van der Waals surface area contributed by atoms with E-state index in [1.165, 1.54) is 0 Å². The molecule has 0 aromatic heterocycles. The van der Waals surface area contributed by atoms with Gasteiger partial charge in [0.2, 0.25) is 3.79 Å². The molecule has 0 spiro atoms. The summed E-state index contributed by atoms with van der Waals surface area (Å²) >= 11 is 16.5. The summed E-state index contributed by atoms with van der Waals surface area (Å²) in [6, 6.07) is 5.69. The first kappa shape index (κ1) is 17.3. The van der Waals surface area contributed by atoms with Crippen LogP contribution in [0.1, 0.15) is 35.6 Å². The third-order valence-electron chi connectivity index (χ3n) is 3.28. The Kier molecular flexibility index (Phi) is 5.45. The van der Waals surface area contributed by atoms with Gasteiger partial charge in [-0.05, 0) is 37.3 Å². The van der Waals surface area contributed by atoms with E-state index < -0.39 is 20.7 Å². The lowest BCUT2D eigenvalue weighted by atomic mass is 9.87. The molecule has 0 saturated heterocycles. The normalized spacial score (nSPS) is 19.3. The molecule has 1 aliphatic rings. The lowest BCUT2D eigenvalue weighted by Crippen LogP contribution is -2.34. The first-order valence-corrected chi connectivity index (χ1v) is 9.03. The van der Waals surface area contributed by atoms with Crippen LogP contribution in [0.5, 0.6) is 0 Å². The van der Waals surface area contributed by atoms with Crippen molar-refractivity contribution in [2.45, 2.75) is 36.0 Å². The lowest BCUT2D eigenvalue weighted by Gasteiger charge is -2.26. The molecule has 0 heterocycles. The fourth-order valence-electron chi connectivity index (χ4n) is 2.42. The molecule has 0 fully saturated rings. The van der Waals surface area contributed by atoms with Crippen molar-refractivity contribution >= 4 is 45.1 Å². The predicted molar refractivity (Wildman–Crippen MR) is 85.2 cm³/mol. The van der Waals surface area contributed by atoms with Crippen molar-refractivity contribution in [3.63, 3.8) is 0 Å². The van der Waals surface area contributed by atoms with Crippen LogP contribution in [-0.2, 0) is 20.9 Å². The second-order valence-corrected chi connectivity index (χ2v) is 8.99. The Hall–Kier alpha value is -0.0400. The van der Waals surface area contributed by atoms with Crippen molar-refractivity contribution in [1.29, 1.82) is 0 Å². The lowest BCUT2D eigenvalue weighted by molar-refractivity contribution is 0.311. The standard InChI is InChI=1S/C13H16Cl3NO3S/c1-9-5-6-11-10(7-9)3-2-4-12(11)17-21(18,19)20-8-13(14,15)16/h5-7,12,17H,2-4,8H2,1H3. The Morgan fingerprint density at radius 2 is 2.10 bits per heavy atom. The van der Waals surface area contributed by atoms with E-state index in [0.717, 1.165) is 29.5 Å². The number of nitrogens with one attached hydrogen (secondary N) is 1. The fraction of sp³-hybridized carbons (Fsp3) is 0.538. The largest absolute Gasteiger partial charge is 0.336 e. The first-order chi connectivity index (χ1) is 9.66. The van der Waals surface area contributed by atoms with E-state index in [2.05, 4.69) is 10.8 Å². The van der Waals surface area contributed by atoms with Crippen LogP contribution in [0.15, 0.2) is 18.2 Å². The van der Waals surface area contributed by atoms with Gasteiger partial charge in [0.25, 0.3) is 0 Å². The zero-order valence-corrected chi connectivity index (χ0v) is 14.5. The second-order valence-electron chi connectivity index (χ2n) is 5.10. The molecule has 1 N–H and O–H groups in total. The van der Waals surface area contributed by atoms with Crippen LogP contribution in [0.25, 0.3) is 0 Å². The quantitative estimate of drug-likeness (QED) is 0.822. The molecule has 21 heavy (non-hydrogen) atoms. The van der Waals surface area contributed by atoms with Crippen molar-refractivity contribution in [3.05, 3.63) is 34.9 Å². The summed E-state index contributed by atoms with van der Waals surface area (Å²) in [6.07, 6.45) is 2.57. The molecule has 0 aliphatic heterocycles. The average molecular weight is 373 g/mol. The Morgan fingerprint density at radius 3 is 2.76 bits per heavy atom. The maximum Gasteiger partial charge on any atom is 0.336 e. The number of alkyl halides is 3. The third-order valence-corrected chi connectivity index (χ3v) is 4.61. The highest BCUT2D eigenvalue weighted by Gasteiger charge is 2.28. The fourth-order valence-corrected chi connectivity index (χ4v) is 3.77. The van der Waals surface area contributed by atoms with Gasteiger partial charge in [-0.3, -0.25) is 4.18 Å². The topological polar surface area (TPSA) is 55.4 Å². The van der Waals surface area contributed by atoms with Crippen LogP contribution in [0.4, 0.5) is 0 Å². The summed E-state index contributed by atoms with van der Waals surface area (Å²) in [7, 11) is -3.97. The minimum atomic E-state index is -3.97. The third kappa shape index (κ3) is 5.27. The Balaban J connectivity index is 2.11. The number of rotatable bonds is 4. The predicted octanol–water partition coefficient (Wildman–Crippen LogP) is 3.59. The van der Waals surface area contributed by atoms with Gasteiger partial charge in [0.05, 0.1) is 0 Å². The van der Waals surface area contributed by atoms with Crippen LogP contribution in [0.2, 0.25) is 0 Å². The van der Waals surface area contributed by atoms with Crippen LogP contribution in [0, 0.1) is 6.92 Å². The number of hydrogen-bond donors (Lipinski definition) is 1. The summed E-state index contributed by atoms with van der Waals surface area (Å²) in [6.45, 7) is 1.48. The summed E-state index contributed by atoms with van der Waals surface area (Å²) in [5, 5.41) is 0. The highest BCUT2D eigenvalue weighted by atomic mass is 35.6. The van der Waals surface area contributed by atoms with E-state index in [1.807, 2.05) is 19.1 Å². The van der Waals surface area contributed by atoms with Crippen LogP contribution in [0.3, 0.4) is 0 Å². The molecule has 0 bridgehead atoms. The van der Waals surface area contributed by atoms with Gasteiger partial charge in [0.15, 0.2) is 0 Å². The summed E-state index contributed by atoms with van der Waals surface area (Å²) in [5.74, 6) is 0. The van der Waals surface area contributed by atoms with Crippen molar-refractivity contribution in [1.82, 2.24) is 4.72 Å². The Bertz CT molecular complexity index is 614. The monoisotopic (exact) mass is 371 g/mol. The Labute approximate surface area is 140 Å². The molecule has 0 amide bonds. The molecule has 2 rings (SSSR count). The maximum atomic E-state index is 11.9. The second kappa shape index (κ2) is 6.60. The molecule has 0 radical (unpaired) electrons. The van der Waals surface area contributed by atoms with Crippen molar-refractivity contribution < 1.29 is 12.6 Å². The minimum Gasteiger partial charge on any atom is -0.254 e. The van der Waals surface area contributed by atoms with Gasteiger partial charge in [-0.15, -0.1) is 0 Å². The van der Waals surface area contributed by atoms with E-state index in [-0.39, 0.29) is 6.04 Å². The molecular formula is C13H16Cl3NO3S. The molecule has 1 aliphatic carbocycles. The molecule has 1 aromatic carbocycles. The summed E-state index contributed by atoms with van der Waals surface area (Å²) < 4.78 is 29.3. The number of halogens is 3. The maximum absolute atomic E-state index is 11.9. The van der Waals surface area contributed by atoms with Crippen LogP contribution in [-0.4, -0.2) is 18.8 Å². The van der Waals surface area contributed by atoms with Crippen molar-refractivity contribution in [2.75, 3.05) is 6.61 Å². The van der Waals surface area contributed by atoms with E-state index in [1.54, 1.807) is 0 Å². The van der Waals surface area contributed by atoms with E-state index in [4.69, 9.17) is 39.0 Å². The van der Waals surface area contributed by atoms with Gasteiger partial charge in [0, 0.05) is 6.04 Å². The first-order valence-electron chi connectivity index (χ1n) is 6.49. The molecule has 0 saturated carbocycles. The SMILES string of the molecule is Cc1ccc2c(c1)CCCC2NS(=O)(=O)OCC(Cl)(Cl)Cl. The van der Waals surface area contributed by atoms with E-state index in [9.17, 15) is 8.42 Å². The van der Waals surface area contributed by atoms with E-state index in [0.29, 0.717) is 6.42 Å². The molecular weight excluding hydrogens is 357 g/mol. The van der Waals surface area contributed by atoms with Gasteiger partial charge in [-0.1, -0.05) is 58.6 Å². The molecule has 1 unspecified atom stereocenters. The molecule has 118 valence electrons. The van der Waals surface area contributed by atoms with Crippen LogP contribution < -0.4 is 4.72 Å². The van der Waals surface area contributed by atoms with E-state index >= 15 is 0 Å². The smallest absolute Gasteiger partial charge is 0.254 e. The average Bonchev–Trinajstić information content (AvgIpc) is 2.35. The number of benzene rings is 1. The molecule has 1 atom stereocenters. The zero-order chi connectivity index (χ0) is 15.7. The van der Waals surface area contributed by atoms with Gasteiger partial charge in [0.1, 0.15) is 6.61 Å². The van der Waals surface area contributed by atoms with Gasteiger partial charge in [-0.2, -0.15) is 13.1 Å². The van der Waals surface area contributed by atoms with Crippen molar-refractivity contribution in [3.8, 4) is 0 Å². The number of aryl methyl sites for hydroxylation is 2. The van der Waals surface area contributed by atoms with Gasteiger partial charge >= 0.3 is 10.3 Å². The molecule has 1 aromatic rings. The minimum absolute atomic E-state index is 0.310. The number of fused-ring (bicyclic) bond motifs is 1. The molecule has 8 heteroatoms. The van der Waals surface area contributed by atoms with Crippen molar-refractivity contribution in [2.24, 2.45) is 0 Å². The highest BCUT2D eigenvalue weighted by Crippen LogP contribution is 2.31. The Morgan fingerprint density at radius 1 is 1.38 bits per heavy atom. The van der Waals surface area contributed by atoms with Gasteiger partial charge in [-0.25, -0.2) is 0 Å². The van der Waals surface area contributed by atoms with Crippen LogP contribution >= 0.6 is 34.8 Å². The molecule has 4 nitrogen and oxygen atoms in total.